The molecule has 22 heavy (non-hydrogen) atoms. The smallest absolute Gasteiger partial charge is 0.308 e. The van der Waals surface area contributed by atoms with Crippen molar-refractivity contribution >= 4 is 11.9 Å². The summed E-state index contributed by atoms with van der Waals surface area (Å²) in [6.07, 6.45) is 2.09. The van der Waals surface area contributed by atoms with Crippen LogP contribution in [0.5, 0.6) is 5.75 Å². The van der Waals surface area contributed by atoms with Gasteiger partial charge >= 0.3 is 5.97 Å². The van der Waals surface area contributed by atoms with Crippen LogP contribution in [-0.4, -0.2) is 41.6 Å². The van der Waals surface area contributed by atoms with Crippen LogP contribution in [0.4, 0.5) is 4.39 Å². The van der Waals surface area contributed by atoms with Crippen molar-refractivity contribution in [3.8, 4) is 5.75 Å². The number of hydrogen-bond acceptors (Lipinski definition) is 3. The molecule has 0 radical (unpaired) electrons. The lowest BCUT2D eigenvalue weighted by Gasteiger charge is -2.30. The van der Waals surface area contributed by atoms with Gasteiger partial charge in [0, 0.05) is 19.5 Å². The summed E-state index contributed by atoms with van der Waals surface area (Å²) in [4.78, 5) is 24.6. The maximum absolute atomic E-state index is 13.3. The van der Waals surface area contributed by atoms with E-state index in [0.717, 1.165) is 0 Å². The highest BCUT2D eigenvalue weighted by Crippen LogP contribution is 2.18. The maximum Gasteiger partial charge on any atom is 0.308 e. The molecule has 0 aliphatic carbocycles. The fourth-order valence-electron chi connectivity index (χ4n) is 2.53. The zero-order valence-electron chi connectivity index (χ0n) is 12.3. The number of carboxylic acid groups (broad SMARTS) is 1. The SMILES string of the molecule is O=C(O)[C@@H]1CCCN(C(=O)CCCOc2ccccc2F)C1. The lowest BCUT2D eigenvalue weighted by Crippen LogP contribution is -2.42. The van der Waals surface area contributed by atoms with Gasteiger partial charge in [-0.15, -0.1) is 0 Å². The van der Waals surface area contributed by atoms with Gasteiger partial charge in [-0.2, -0.15) is 0 Å². The average molecular weight is 309 g/mol. The number of nitrogens with zero attached hydrogens (tertiary/aromatic N) is 1. The molecule has 6 heteroatoms. The van der Waals surface area contributed by atoms with E-state index in [1.807, 2.05) is 0 Å². The third kappa shape index (κ3) is 4.44. The van der Waals surface area contributed by atoms with E-state index in [-0.39, 0.29) is 31.2 Å². The first-order chi connectivity index (χ1) is 10.6. The second-order valence-corrected chi connectivity index (χ2v) is 5.40. The summed E-state index contributed by atoms with van der Waals surface area (Å²) < 4.78 is 18.6. The Kier molecular flexibility index (Phi) is 5.75. The molecular formula is C16H20FNO4. The van der Waals surface area contributed by atoms with Gasteiger partial charge in [0.05, 0.1) is 12.5 Å². The lowest BCUT2D eigenvalue weighted by atomic mass is 9.98. The van der Waals surface area contributed by atoms with Crippen LogP contribution in [0.2, 0.25) is 0 Å². The Morgan fingerprint density at radius 3 is 2.86 bits per heavy atom. The standard InChI is InChI=1S/C16H20FNO4/c17-13-6-1-2-7-14(13)22-10-4-8-15(19)18-9-3-5-12(11-18)16(20)21/h1-2,6-7,12H,3-5,8-11H2,(H,20,21)/t12-/m1/s1. The number of ether oxygens (including phenoxy) is 1. The van der Waals surface area contributed by atoms with Crippen LogP contribution in [0.3, 0.4) is 0 Å². The van der Waals surface area contributed by atoms with Gasteiger partial charge in [-0.3, -0.25) is 9.59 Å². The van der Waals surface area contributed by atoms with E-state index in [0.29, 0.717) is 25.8 Å². The molecule has 1 heterocycles. The largest absolute Gasteiger partial charge is 0.491 e. The first-order valence-corrected chi connectivity index (χ1v) is 7.46. The number of benzene rings is 1. The minimum absolute atomic E-state index is 0.0666. The fourth-order valence-corrected chi connectivity index (χ4v) is 2.53. The topological polar surface area (TPSA) is 66.8 Å². The number of amides is 1. The van der Waals surface area contributed by atoms with Crippen LogP contribution in [0.25, 0.3) is 0 Å². The molecule has 1 aromatic rings. The Morgan fingerprint density at radius 1 is 1.36 bits per heavy atom. The van der Waals surface area contributed by atoms with Crippen LogP contribution < -0.4 is 4.74 Å². The van der Waals surface area contributed by atoms with E-state index < -0.39 is 17.7 Å². The number of para-hydroxylation sites is 1. The van der Waals surface area contributed by atoms with E-state index in [1.54, 1.807) is 23.1 Å². The van der Waals surface area contributed by atoms with Crippen molar-refractivity contribution in [2.75, 3.05) is 19.7 Å². The molecule has 1 aliphatic rings. The molecule has 1 saturated heterocycles. The van der Waals surface area contributed by atoms with Crippen LogP contribution in [0, 0.1) is 11.7 Å². The van der Waals surface area contributed by atoms with E-state index >= 15 is 0 Å². The van der Waals surface area contributed by atoms with Gasteiger partial charge in [-0.1, -0.05) is 12.1 Å². The van der Waals surface area contributed by atoms with E-state index in [1.165, 1.54) is 6.07 Å². The second kappa shape index (κ2) is 7.77. The Morgan fingerprint density at radius 2 is 2.14 bits per heavy atom. The highest BCUT2D eigenvalue weighted by Gasteiger charge is 2.27. The predicted molar refractivity (Wildman–Crippen MR) is 78.1 cm³/mol. The Labute approximate surface area is 128 Å². The Hall–Kier alpha value is -2.11. The molecule has 0 spiro atoms. The number of carboxylic acids is 1. The average Bonchev–Trinajstić information content (AvgIpc) is 2.53. The van der Waals surface area contributed by atoms with E-state index in [4.69, 9.17) is 9.84 Å². The third-order valence-corrected chi connectivity index (χ3v) is 3.75. The number of rotatable bonds is 6. The van der Waals surface area contributed by atoms with Gasteiger partial charge in [0.1, 0.15) is 0 Å². The van der Waals surface area contributed by atoms with Crippen LogP contribution >= 0.6 is 0 Å². The highest BCUT2D eigenvalue weighted by molar-refractivity contribution is 5.78. The van der Waals surface area contributed by atoms with Crippen LogP contribution in [-0.2, 0) is 9.59 Å². The molecule has 1 aromatic carbocycles. The fraction of sp³-hybridized carbons (Fsp3) is 0.500. The number of likely N-dealkylation sites (tertiary alicyclic amines) is 1. The van der Waals surface area contributed by atoms with Crippen molar-refractivity contribution in [2.45, 2.75) is 25.7 Å². The van der Waals surface area contributed by atoms with Gasteiger partial charge in [-0.25, -0.2) is 4.39 Å². The van der Waals surface area contributed by atoms with Crippen molar-refractivity contribution in [3.05, 3.63) is 30.1 Å². The molecule has 5 nitrogen and oxygen atoms in total. The molecule has 0 aromatic heterocycles. The van der Waals surface area contributed by atoms with Gasteiger partial charge < -0.3 is 14.7 Å². The number of carbonyl (C=O) groups is 2. The maximum atomic E-state index is 13.3. The molecule has 0 bridgehead atoms. The summed E-state index contributed by atoms with van der Waals surface area (Å²) >= 11 is 0. The van der Waals surface area contributed by atoms with Crippen molar-refractivity contribution in [1.29, 1.82) is 0 Å². The Balaban J connectivity index is 1.71. The molecule has 1 atom stereocenters. The molecule has 0 saturated carbocycles. The molecular weight excluding hydrogens is 289 g/mol. The van der Waals surface area contributed by atoms with Crippen molar-refractivity contribution in [3.63, 3.8) is 0 Å². The number of hydrogen-bond donors (Lipinski definition) is 1. The molecule has 2 rings (SSSR count). The summed E-state index contributed by atoms with van der Waals surface area (Å²) in [5, 5.41) is 9.01. The first-order valence-electron chi connectivity index (χ1n) is 7.46. The summed E-state index contributed by atoms with van der Waals surface area (Å²) in [5.41, 5.74) is 0. The molecule has 1 amide bonds. The lowest BCUT2D eigenvalue weighted by molar-refractivity contribution is -0.145. The molecule has 120 valence electrons. The molecule has 0 unspecified atom stereocenters. The highest BCUT2D eigenvalue weighted by atomic mass is 19.1. The summed E-state index contributed by atoms with van der Waals surface area (Å²) in [6.45, 7) is 1.14. The zero-order chi connectivity index (χ0) is 15.9. The Bertz CT molecular complexity index is 535. The minimum Gasteiger partial charge on any atom is -0.491 e. The summed E-state index contributed by atoms with van der Waals surface area (Å²) in [5.74, 6) is -1.62. The zero-order valence-corrected chi connectivity index (χ0v) is 12.3. The van der Waals surface area contributed by atoms with Gasteiger partial charge in [0.2, 0.25) is 5.91 Å². The normalized spacial score (nSPS) is 18.0. The third-order valence-electron chi connectivity index (χ3n) is 3.75. The molecule has 1 fully saturated rings. The van der Waals surface area contributed by atoms with E-state index in [9.17, 15) is 14.0 Å². The van der Waals surface area contributed by atoms with Crippen molar-refractivity contribution in [1.82, 2.24) is 4.90 Å². The molecule has 1 N–H and O–H groups in total. The van der Waals surface area contributed by atoms with E-state index in [2.05, 4.69) is 0 Å². The molecule has 1 aliphatic heterocycles. The monoisotopic (exact) mass is 309 g/mol. The minimum atomic E-state index is -0.847. The first kappa shape index (κ1) is 16.3. The number of piperidine rings is 1. The number of carbonyl (C=O) groups excluding carboxylic acids is 1. The van der Waals surface area contributed by atoms with Gasteiger partial charge in [-0.05, 0) is 31.4 Å². The van der Waals surface area contributed by atoms with Crippen LogP contribution in [0.15, 0.2) is 24.3 Å². The predicted octanol–water partition coefficient (Wildman–Crippen LogP) is 2.31. The van der Waals surface area contributed by atoms with Crippen LogP contribution in [0.1, 0.15) is 25.7 Å². The van der Waals surface area contributed by atoms with Crippen molar-refractivity contribution < 1.29 is 23.8 Å². The number of aliphatic carboxylic acids is 1. The summed E-state index contributed by atoms with van der Waals surface area (Å²) in [7, 11) is 0. The number of halogens is 1. The van der Waals surface area contributed by atoms with Gasteiger partial charge in [0.25, 0.3) is 0 Å². The quantitative estimate of drug-likeness (QED) is 0.819. The summed E-state index contributed by atoms with van der Waals surface area (Å²) in [6, 6.07) is 6.13. The second-order valence-electron chi connectivity index (χ2n) is 5.40. The van der Waals surface area contributed by atoms with Crippen molar-refractivity contribution in [2.24, 2.45) is 5.92 Å². The van der Waals surface area contributed by atoms with Gasteiger partial charge in [0.15, 0.2) is 11.6 Å².